The van der Waals surface area contributed by atoms with Crippen molar-refractivity contribution in [2.75, 3.05) is 7.11 Å². The van der Waals surface area contributed by atoms with E-state index in [0.29, 0.717) is 5.57 Å². The highest BCUT2D eigenvalue weighted by Crippen LogP contribution is 2.34. The van der Waals surface area contributed by atoms with Crippen LogP contribution in [0.25, 0.3) is 16.3 Å². The number of carboxylic acids is 1. The Kier molecular flexibility index (Phi) is 5.34. The smallest absolute Gasteiger partial charge is 0.330 e. The molecule has 0 amide bonds. The number of carboxylic acid groups (broad SMARTS) is 1. The van der Waals surface area contributed by atoms with Gasteiger partial charge in [-0.25, -0.2) is 9.59 Å². The monoisotopic (exact) mass is 374 g/mol. The molecule has 1 unspecified atom stereocenters. The van der Waals surface area contributed by atoms with Gasteiger partial charge in [-0.05, 0) is 72.0 Å². The molecule has 0 aliphatic heterocycles. The Morgan fingerprint density at radius 3 is 2.61 bits per heavy atom. The Balaban J connectivity index is 2.04. The van der Waals surface area contributed by atoms with E-state index in [4.69, 9.17) is 9.84 Å². The zero-order chi connectivity index (χ0) is 20.4. The number of rotatable bonds is 4. The average molecular weight is 374 g/mol. The summed E-state index contributed by atoms with van der Waals surface area (Å²) in [4.78, 5) is 22.5. The van der Waals surface area contributed by atoms with Crippen molar-refractivity contribution in [2.24, 2.45) is 5.92 Å². The number of methoxy groups -OCH3 is 1. The number of aliphatic carboxylic acids is 1. The molecule has 0 heterocycles. The van der Waals surface area contributed by atoms with Crippen LogP contribution in [0.2, 0.25) is 0 Å². The predicted molar refractivity (Wildman–Crippen MR) is 111 cm³/mol. The number of ether oxygens (including phenoxy) is 1. The van der Waals surface area contributed by atoms with E-state index in [2.05, 4.69) is 12.1 Å². The van der Waals surface area contributed by atoms with Crippen molar-refractivity contribution in [1.29, 1.82) is 0 Å². The molecule has 0 bridgehead atoms. The molecule has 1 aliphatic rings. The fourth-order valence-electron chi connectivity index (χ4n) is 3.49. The largest absolute Gasteiger partial charge is 0.496 e. The fourth-order valence-corrected chi connectivity index (χ4v) is 3.49. The van der Waals surface area contributed by atoms with Gasteiger partial charge >= 0.3 is 5.97 Å². The zero-order valence-electron chi connectivity index (χ0n) is 16.4. The van der Waals surface area contributed by atoms with Crippen LogP contribution in [0.5, 0.6) is 5.75 Å². The van der Waals surface area contributed by atoms with Gasteiger partial charge in [-0.15, -0.1) is 0 Å². The summed E-state index contributed by atoms with van der Waals surface area (Å²) in [5.41, 5.74) is 4.70. The lowest BCUT2D eigenvalue weighted by Crippen LogP contribution is -2.05. The van der Waals surface area contributed by atoms with Crippen molar-refractivity contribution in [3.63, 3.8) is 0 Å². The van der Waals surface area contributed by atoms with Crippen LogP contribution >= 0.6 is 0 Å². The Morgan fingerprint density at radius 2 is 1.96 bits per heavy atom. The second-order valence-corrected chi connectivity index (χ2v) is 6.98. The number of carbonyl (C=O) groups is 1. The summed E-state index contributed by atoms with van der Waals surface area (Å²) in [5, 5.41) is 11.3. The maximum Gasteiger partial charge on any atom is 0.330 e. The van der Waals surface area contributed by atoms with E-state index in [-0.39, 0.29) is 11.5 Å². The first kappa shape index (κ1) is 19.4. The van der Waals surface area contributed by atoms with Gasteiger partial charge in [0, 0.05) is 17.1 Å². The summed E-state index contributed by atoms with van der Waals surface area (Å²) >= 11 is 0. The van der Waals surface area contributed by atoms with E-state index in [1.165, 1.54) is 6.92 Å². The van der Waals surface area contributed by atoms with Gasteiger partial charge in [0.1, 0.15) is 11.7 Å². The second kappa shape index (κ2) is 7.71. The van der Waals surface area contributed by atoms with Crippen LogP contribution in [0.1, 0.15) is 23.6 Å². The minimum atomic E-state index is -0.996. The zero-order valence-corrected chi connectivity index (χ0v) is 16.4. The number of carbonyl (C=O) groups excluding carboxylic acids is 1. The first-order valence-corrected chi connectivity index (χ1v) is 9.00. The topological polar surface area (TPSA) is 63.6 Å². The van der Waals surface area contributed by atoms with Crippen LogP contribution in [-0.4, -0.2) is 24.1 Å². The van der Waals surface area contributed by atoms with Crippen molar-refractivity contribution < 1.29 is 19.4 Å². The van der Waals surface area contributed by atoms with Gasteiger partial charge in [0.2, 0.25) is 0 Å². The number of hydrogen-bond donors (Lipinski definition) is 1. The van der Waals surface area contributed by atoms with Crippen molar-refractivity contribution in [2.45, 2.75) is 20.8 Å². The quantitative estimate of drug-likeness (QED) is 0.615. The highest BCUT2D eigenvalue weighted by molar-refractivity contribution is 5.94. The first-order chi connectivity index (χ1) is 13.3. The molecule has 28 heavy (non-hydrogen) atoms. The summed E-state index contributed by atoms with van der Waals surface area (Å²) in [6.07, 6.45) is 7.09. The van der Waals surface area contributed by atoms with Crippen LogP contribution in [0.3, 0.4) is 0 Å². The Labute approximate surface area is 164 Å². The summed E-state index contributed by atoms with van der Waals surface area (Å²) in [5.74, 6) is 1.44. The standard InChI is InChI=1S/C24H22O4/c1-14-10-23(28-4)16(3)21-8-7-19(12-22(14)21)18-6-5-17(20(11-18)13-25)9-15(2)24(26)27/h5-12,17H,1-4H3,(H,26,27). The maximum absolute atomic E-state index is 11.4. The van der Waals surface area contributed by atoms with Crippen LogP contribution in [0, 0.1) is 19.8 Å². The van der Waals surface area contributed by atoms with E-state index in [1.807, 2.05) is 44.1 Å². The van der Waals surface area contributed by atoms with Crippen molar-refractivity contribution in [3.05, 3.63) is 76.4 Å². The van der Waals surface area contributed by atoms with Crippen LogP contribution < -0.4 is 4.74 Å². The lowest BCUT2D eigenvalue weighted by molar-refractivity contribution is -0.132. The number of hydrogen-bond acceptors (Lipinski definition) is 3. The van der Waals surface area contributed by atoms with Crippen LogP contribution in [-0.2, 0) is 9.59 Å². The molecule has 4 nitrogen and oxygen atoms in total. The number of benzene rings is 2. The van der Waals surface area contributed by atoms with Crippen molar-refractivity contribution >= 4 is 28.3 Å². The Bertz CT molecular complexity index is 1110. The molecule has 3 rings (SSSR count). The molecule has 0 aromatic heterocycles. The molecular weight excluding hydrogens is 352 g/mol. The predicted octanol–water partition coefficient (Wildman–Crippen LogP) is 4.82. The van der Waals surface area contributed by atoms with Gasteiger partial charge in [0.15, 0.2) is 0 Å². The molecule has 1 atom stereocenters. The normalized spacial score (nSPS) is 16.7. The van der Waals surface area contributed by atoms with E-state index in [9.17, 15) is 9.59 Å². The lowest BCUT2D eigenvalue weighted by atomic mass is 9.87. The molecule has 0 spiro atoms. The number of fused-ring (bicyclic) bond motifs is 1. The molecule has 4 heteroatoms. The van der Waals surface area contributed by atoms with Gasteiger partial charge < -0.3 is 9.84 Å². The summed E-state index contributed by atoms with van der Waals surface area (Å²) < 4.78 is 5.45. The van der Waals surface area contributed by atoms with Gasteiger partial charge in [-0.2, -0.15) is 0 Å². The molecule has 142 valence electrons. The average Bonchev–Trinajstić information content (AvgIpc) is 2.70. The lowest BCUT2D eigenvalue weighted by Gasteiger charge is -2.17. The number of aryl methyl sites for hydroxylation is 2. The van der Waals surface area contributed by atoms with E-state index >= 15 is 0 Å². The molecule has 0 radical (unpaired) electrons. The van der Waals surface area contributed by atoms with Crippen LogP contribution in [0.15, 0.2) is 59.7 Å². The summed E-state index contributed by atoms with van der Waals surface area (Å²) in [6.45, 7) is 5.60. The molecule has 2 aromatic carbocycles. The van der Waals surface area contributed by atoms with Crippen molar-refractivity contribution in [3.8, 4) is 5.75 Å². The molecule has 0 fully saturated rings. The highest BCUT2D eigenvalue weighted by atomic mass is 16.5. The third kappa shape index (κ3) is 3.55. The third-order valence-electron chi connectivity index (χ3n) is 5.16. The fraction of sp³-hybridized carbons (Fsp3) is 0.208. The molecule has 0 saturated heterocycles. The summed E-state index contributed by atoms with van der Waals surface area (Å²) in [7, 11) is 1.67. The second-order valence-electron chi connectivity index (χ2n) is 6.98. The van der Waals surface area contributed by atoms with Crippen LogP contribution in [0.4, 0.5) is 0 Å². The van der Waals surface area contributed by atoms with Gasteiger partial charge in [0.25, 0.3) is 0 Å². The maximum atomic E-state index is 11.4. The summed E-state index contributed by atoms with van der Waals surface area (Å²) in [6, 6.07) is 8.22. The Hall–Kier alpha value is -3.36. The third-order valence-corrected chi connectivity index (χ3v) is 5.16. The minimum absolute atomic E-state index is 0.199. The molecule has 1 N–H and O–H groups in total. The van der Waals surface area contributed by atoms with Gasteiger partial charge in [-0.3, -0.25) is 0 Å². The van der Waals surface area contributed by atoms with Gasteiger partial charge in [-0.1, -0.05) is 30.4 Å². The molecule has 1 aliphatic carbocycles. The minimum Gasteiger partial charge on any atom is -0.496 e. The Morgan fingerprint density at radius 1 is 1.21 bits per heavy atom. The first-order valence-electron chi connectivity index (χ1n) is 9.00. The molecular formula is C24H22O4. The van der Waals surface area contributed by atoms with E-state index in [1.54, 1.807) is 19.3 Å². The SMILES string of the molecule is COc1cc(C)c2cc(C3=CC(=C=O)C(C=C(C)C(=O)O)C=C3)ccc2c1C. The van der Waals surface area contributed by atoms with E-state index < -0.39 is 5.97 Å². The van der Waals surface area contributed by atoms with Gasteiger partial charge in [0.05, 0.1) is 7.11 Å². The van der Waals surface area contributed by atoms with E-state index in [0.717, 1.165) is 38.8 Å². The number of allylic oxidation sites excluding steroid dienone is 6. The molecule has 2 aromatic rings. The molecule has 0 saturated carbocycles. The highest BCUT2D eigenvalue weighted by Gasteiger charge is 2.17. The van der Waals surface area contributed by atoms with Crippen molar-refractivity contribution in [1.82, 2.24) is 0 Å².